The third-order valence-corrected chi connectivity index (χ3v) is 4.24. The Morgan fingerprint density at radius 1 is 1.10 bits per heavy atom. The van der Waals surface area contributed by atoms with Crippen LogP contribution in [0, 0.1) is 0 Å². The maximum atomic E-state index is 12.7. The van der Waals surface area contributed by atoms with Crippen LogP contribution >= 0.6 is 15.9 Å². The first-order valence-corrected chi connectivity index (χ1v) is 8.20. The van der Waals surface area contributed by atoms with Crippen molar-refractivity contribution >= 4 is 15.9 Å². The van der Waals surface area contributed by atoms with Crippen molar-refractivity contribution in [2.45, 2.75) is 64.1 Å². The second-order valence-electron chi connectivity index (χ2n) is 5.31. The van der Waals surface area contributed by atoms with Crippen LogP contribution in [-0.2, 0) is 6.18 Å². The zero-order chi connectivity index (χ0) is 15.9. The monoisotopic (exact) mass is 366 g/mol. The normalized spacial score (nSPS) is 13.4. The van der Waals surface area contributed by atoms with E-state index in [4.69, 9.17) is 0 Å². The first-order chi connectivity index (χ1) is 9.86. The third-order valence-electron chi connectivity index (χ3n) is 3.51. The minimum Gasteiger partial charge on any atom is -0.388 e. The van der Waals surface area contributed by atoms with Crippen LogP contribution in [0.1, 0.15) is 69.1 Å². The number of halogens is 4. The predicted molar refractivity (Wildman–Crippen MR) is 82.1 cm³/mol. The average molecular weight is 367 g/mol. The Balaban J connectivity index is 2.55. The summed E-state index contributed by atoms with van der Waals surface area (Å²) in [5, 5.41) is 10.1. The molecular weight excluding hydrogens is 345 g/mol. The number of hydrogen-bond donors (Lipinski definition) is 1. The van der Waals surface area contributed by atoms with Crippen molar-refractivity contribution in [1.29, 1.82) is 0 Å². The zero-order valence-electron chi connectivity index (χ0n) is 12.2. The van der Waals surface area contributed by atoms with E-state index in [0.717, 1.165) is 31.4 Å². The fourth-order valence-corrected chi connectivity index (χ4v) is 2.76. The molecule has 1 unspecified atom stereocenters. The first-order valence-electron chi connectivity index (χ1n) is 7.41. The smallest absolute Gasteiger partial charge is 0.388 e. The van der Waals surface area contributed by atoms with Gasteiger partial charge in [0.1, 0.15) is 0 Å². The molecule has 1 aromatic carbocycles. The minimum atomic E-state index is -4.38. The molecule has 1 nitrogen and oxygen atoms in total. The Morgan fingerprint density at radius 3 is 2.33 bits per heavy atom. The minimum absolute atomic E-state index is 0.318. The standard InChI is InChI=1S/C16H22BrF3O/c1-2-3-4-5-6-7-8-15(21)13-11-12(16(18,19)20)9-10-14(13)17/h9-11,15,21H,2-8H2,1H3. The highest BCUT2D eigenvalue weighted by atomic mass is 79.9. The maximum absolute atomic E-state index is 12.7. The largest absolute Gasteiger partial charge is 0.416 e. The van der Waals surface area contributed by atoms with Gasteiger partial charge in [-0.25, -0.2) is 0 Å². The van der Waals surface area contributed by atoms with Gasteiger partial charge in [-0.05, 0) is 30.2 Å². The van der Waals surface area contributed by atoms with Gasteiger partial charge in [0.25, 0.3) is 0 Å². The Labute approximate surface area is 132 Å². The molecule has 0 fully saturated rings. The molecule has 1 N–H and O–H groups in total. The number of benzene rings is 1. The van der Waals surface area contributed by atoms with Crippen LogP contribution in [0.4, 0.5) is 13.2 Å². The van der Waals surface area contributed by atoms with Gasteiger partial charge < -0.3 is 5.11 Å². The lowest BCUT2D eigenvalue weighted by molar-refractivity contribution is -0.137. The molecule has 0 saturated heterocycles. The number of aliphatic hydroxyl groups excluding tert-OH is 1. The molecule has 0 amide bonds. The SMILES string of the molecule is CCCCCCCCC(O)c1cc(C(F)(F)F)ccc1Br. The Kier molecular flexibility index (Phi) is 7.74. The van der Waals surface area contributed by atoms with Crippen molar-refractivity contribution < 1.29 is 18.3 Å². The van der Waals surface area contributed by atoms with Gasteiger partial charge in [0.2, 0.25) is 0 Å². The fraction of sp³-hybridized carbons (Fsp3) is 0.625. The summed E-state index contributed by atoms with van der Waals surface area (Å²) in [5.74, 6) is 0. The molecule has 0 saturated carbocycles. The summed E-state index contributed by atoms with van der Waals surface area (Å²) < 4.78 is 38.6. The van der Waals surface area contributed by atoms with Gasteiger partial charge >= 0.3 is 6.18 Å². The third kappa shape index (κ3) is 6.39. The zero-order valence-corrected chi connectivity index (χ0v) is 13.8. The van der Waals surface area contributed by atoms with Crippen molar-refractivity contribution in [2.24, 2.45) is 0 Å². The molecule has 0 spiro atoms. The van der Waals surface area contributed by atoms with Gasteiger partial charge in [0, 0.05) is 4.47 Å². The van der Waals surface area contributed by atoms with Crippen molar-refractivity contribution in [3.8, 4) is 0 Å². The van der Waals surface area contributed by atoms with Crippen molar-refractivity contribution in [2.75, 3.05) is 0 Å². The molecule has 0 heterocycles. The summed E-state index contributed by atoms with van der Waals surface area (Å²) in [6, 6.07) is 3.40. The molecule has 5 heteroatoms. The molecule has 0 radical (unpaired) electrons. The van der Waals surface area contributed by atoms with E-state index in [1.807, 2.05) is 0 Å². The summed E-state index contributed by atoms with van der Waals surface area (Å²) in [7, 11) is 0. The first kappa shape index (κ1) is 18.5. The van der Waals surface area contributed by atoms with Gasteiger partial charge in [-0.15, -0.1) is 0 Å². The lowest BCUT2D eigenvalue weighted by Crippen LogP contribution is -2.07. The van der Waals surface area contributed by atoms with Crippen LogP contribution in [0.3, 0.4) is 0 Å². The molecule has 21 heavy (non-hydrogen) atoms. The van der Waals surface area contributed by atoms with Gasteiger partial charge in [-0.2, -0.15) is 13.2 Å². The fourth-order valence-electron chi connectivity index (χ4n) is 2.25. The number of hydrogen-bond acceptors (Lipinski definition) is 1. The lowest BCUT2D eigenvalue weighted by Gasteiger charge is -2.15. The predicted octanol–water partition coefficient (Wildman–Crippen LogP) is 6.25. The highest BCUT2D eigenvalue weighted by Crippen LogP contribution is 2.35. The summed E-state index contributed by atoms with van der Waals surface area (Å²) in [4.78, 5) is 0. The van der Waals surface area contributed by atoms with Gasteiger partial charge in [0.15, 0.2) is 0 Å². The Bertz CT molecular complexity index is 432. The van der Waals surface area contributed by atoms with E-state index in [0.29, 0.717) is 16.5 Å². The van der Waals surface area contributed by atoms with E-state index in [2.05, 4.69) is 22.9 Å². The Morgan fingerprint density at radius 2 is 1.71 bits per heavy atom. The summed E-state index contributed by atoms with van der Waals surface area (Å²) in [6.45, 7) is 2.15. The molecule has 0 aliphatic rings. The quantitative estimate of drug-likeness (QED) is 0.538. The molecule has 1 rings (SSSR count). The second kappa shape index (κ2) is 8.79. The van der Waals surface area contributed by atoms with Gasteiger partial charge in [-0.3, -0.25) is 0 Å². The van der Waals surface area contributed by atoms with Gasteiger partial charge in [-0.1, -0.05) is 61.4 Å². The lowest BCUT2D eigenvalue weighted by atomic mass is 10.00. The van der Waals surface area contributed by atoms with E-state index < -0.39 is 17.8 Å². The topological polar surface area (TPSA) is 20.2 Å². The van der Waals surface area contributed by atoms with E-state index in [1.165, 1.54) is 25.3 Å². The molecule has 1 aromatic rings. The average Bonchev–Trinajstić information content (AvgIpc) is 2.41. The van der Waals surface area contributed by atoms with Crippen LogP contribution in [0.25, 0.3) is 0 Å². The highest BCUT2D eigenvalue weighted by Gasteiger charge is 2.31. The van der Waals surface area contributed by atoms with E-state index in [1.54, 1.807) is 0 Å². The van der Waals surface area contributed by atoms with E-state index >= 15 is 0 Å². The molecule has 0 aliphatic carbocycles. The van der Waals surface area contributed by atoms with Crippen molar-refractivity contribution in [3.05, 3.63) is 33.8 Å². The van der Waals surface area contributed by atoms with Gasteiger partial charge in [0.05, 0.1) is 11.7 Å². The van der Waals surface area contributed by atoms with E-state index in [-0.39, 0.29) is 0 Å². The Hall–Kier alpha value is -0.550. The second-order valence-corrected chi connectivity index (χ2v) is 6.16. The molecule has 1 atom stereocenters. The number of unbranched alkanes of at least 4 members (excludes halogenated alkanes) is 5. The maximum Gasteiger partial charge on any atom is 0.416 e. The van der Waals surface area contributed by atoms with Crippen LogP contribution in [0.2, 0.25) is 0 Å². The number of aliphatic hydroxyl groups is 1. The van der Waals surface area contributed by atoms with Crippen LogP contribution in [0.5, 0.6) is 0 Å². The van der Waals surface area contributed by atoms with Crippen LogP contribution in [0.15, 0.2) is 22.7 Å². The summed E-state index contributed by atoms with van der Waals surface area (Å²) >= 11 is 3.21. The van der Waals surface area contributed by atoms with Crippen molar-refractivity contribution in [1.82, 2.24) is 0 Å². The highest BCUT2D eigenvalue weighted by molar-refractivity contribution is 9.10. The molecular formula is C16H22BrF3O. The summed E-state index contributed by atoms with van der Waals surface area (Å²) in [5.41, 5.74) is -0.402. The molecule has 120 valence electrons. The van der Waals surface area contributed by atoms with Crippen LogP contribution in [-0.4, -0.2) is 5.11 Å². The molecule has 0 aromatic heterocycles. The molecule has 0 bridgehead atoms. The van der Waals surface area contributed by atoms with Crippen LogP contribution < -0.4 is 0 Å². The van der Waals surface area contributed by atoms with E-state index in [9.17, 15) is 18.3 Å². The summed E-state index contributed by atoms with van der Waals surface area (Å²) in [6.07, 6.45) is 1.78. The number of alkyl halides is 3. The molecule has 0 aliphatic heterocycles. The number of rotatable bonds is 8. The van der Waals surface area contributed by atoms with Crippen molar-refractivity contribution in [3.63, 3.8) is 0 Å².